The van der Waals surface area contributed by atoms with Crippen LogP contribution in [0, 0.1) is 0 Å². The third kappa shape index (κ3) is 4.34. The van der Waals surface area contributed by atoms with Gasteiger partial charge in [-0.1, -0.05) is 6.58 Å². The maximum absolute atomic E-state index is 11.4. The van der Waals surface area contributed by atoms with Crippen LogP contribution in [0.15, 0.2) is 12.8 Å². The summed E-state index contributed by atoms with van der Waals surface area (Å²) < 4.78 is 4.91. The molecule has 0 aromatic rings. The van der Waals surface area contributed by atoms with E-state index in [0.717, 1.165) is 12.8 Å². The summed E-state index contributed by atoms with van der Waals surface area (Å²) in [6.45, 7) is 6.80. The second kappa shape index (κ2) is 6.78. The van der Waals surface area contributed by atoms with Gasteiger partial charge in [-0.15, -0.1) is 0 Å². The van der Waals surface area contributed by atoms with E-state index in [1.807, 2.05) is 0 Å². The molecule has 3 amide bonds. The van der Waals surface area contributed by atoms with Gasteiger partial charge in [-0.3, -0.25) is 0 Å². The molecule has 0 radical (unpaired) electrons. The van der Waals surface area contributed by atoms with E-state index >= 15 is 0 Å². The Bertz CT molecular complexity index is 286. The number of hydrogen-bond acceptors (Lipinski definition) is 3. The number of nitrogens with zero attached hydrogens (tertiary/aromatic N) is 1. The first-order chi connectivity index (χ1) is 8.17. The standard InChI is InChI=1S/C11H19N3O3/c1-3-12-10(15)13-9-5-7-14(8-6-9)11(16)17-4-2/h3,9H,1,4-8H2,2H3,(H2,12,13,15). The average molecular weight is 241 g/mol. The number of piperidine rings is 1. The summed E-state index contributed by atoms with van der Waals surface area (Å²) in [5, 5.41) is 5.27. The highest BCUT2D eigenvalue weighted by Crippen LogP contribution is 2.11. The molecule has 0 aromatic carbocycles. The summed E-state index contributed by atoms with van der Waals surface area (Å²) in [6, 6.07) is -0.157. The molecule has 1 heterocycles. The van der Waals surface area contributed by atoms with E-state index in [4.69, 9.17) is 4.74 Å². The summed E-state index contributed by atoms with van der Waals surface area (Å²) >= 11 is 0. The van der Waals surface area contributed by atoms with E-state index in [1.54, 1.807) is 11.8 Å². The number of nitrogens with one attached hydrogen (secondary N) is 2. The lowest BCUT2D eigenvalue weighted by Crippen LogP contribution is -2.48. The molecule has 96 valence electrons. The predicted molar refractivity (Wildman–Crippen MR) is 63.5 cm³/mol. The normalized spacial score (nSPS) is 16.2. The Morgan fingerprint density at radius 1 is 1.47 bits per heavy atom. The highest BCUT2D eigenvalue weighted by atomic mass is 16.6. The van der Waals surface area contributed by atoms with Crippen LogP contribution >= 0.6 is 0 Å². The Morgan fingerprint density at radius 3 is 2.65 bits per heavy atom. The van der Waals surface area contributed by atoms with Crippen molar-refractivity contribution >= 4 is 12.1 Å². The van der Waals surface area contributed by atoms with Crippen LogP contribution in [-0.4, -0.2) is 42.8 Å². The fraction of sp³-hybridized carbons (Fsp3) is 0.636. The van der Waals surface area contributed by atoms with E-state index in [9.17, 15) is 9.59 Å². The molecule has 1 aliphatic rings. The molecular formula is C11H19N3O3. The van der Waals surface area contributed by atoms with Crippen molar-refractivity contribution in [1.29, 1.82) is 0 Å². The number of ether oxygens (including phenoxy) is 1. The summed E-state index contributed by atoms with van der Waals surface area (Å²) in [7, 11) is 0. The van der Waals surface area contributed by atoms with Crippen molar-refractivity contribution in [2.45, 2.75) is 25.8 Å². The molecule has 2 N–H and O–H groups in total. The van der Waals surface area contributed by atoms with Crippen LogP contribution in [0.3, 0.4) is 0 Å². The van der Waals surface area contributed by atoms with Crippen LogP contribution in [0.2, 0.25) is 0 Å². The molecule has 0 aromatic heterocycles. The molecule has 1 fully saturated rings. The van der Waals surface area contributed by atoms with Crippen LogP contribution in [0.1, 0.15) is 19.8 Å². The lowest BCUT2D eigenvalue weighted by Gasteiger charge is -2.31. The van der Waals surface area contributed by atoms with Gasteiger partial charge < -0.3 is 20.3 Å². The van der Waals surface area contributed by atoms with Crippen LogP contribution in [0.4, 0.5) is 9.59 Å². The number of rotatable bonds is 3. The smallest absolute Gasteiger partial charge is 0.409 e. The Labute approximate surface area is 101 Å². The zero-order chi connectivity index (χ0) is 12.7. The molecule has 0 aliphatic carbocycles. The minimum absolute atomic E-state index is 0.0978. The fourth-order valence-electron chi connectivity index (χ4n) is 1.74. The van der Waals surface area contributed by atoms with E-state index in [-0.39, 0.29) is 18.2 Å². The average Bonchev–Trinajstić information content (AvgIpc) is 2.30. The Morgan fingerprint density at radius 2 is 2.12 bits per heavy atom. The third-order valence-electron chi connectivity index (χ3n) is 2.59. The summed E-state index contributed by atoms with van der Waals surface area (Å²) in [4.78, 5) is 24.3. The van der Waals surface area contributed by atoms with Crippen LogP contribution in [0.5, 0.6) is 0 Å². The molecule has 6 heteroatoms. The lowest BCUT2D eigenvalue weighted by atomic mass is 10.1. The Hall–Kier alpha value is -1.72. The molecule has 6 nitrogen and oxygen atoms in total. The quantitative estimate of drug-likeness (QED) is 0.776. The number of amides is 3. The highest BCUT2D eigenvalue weighted by molar-refractivity contribution is 5.75. The topological polar surface area (TPSA) is 70.7 Å². The Balaban J connectivity index is 2.28. The minimum atomic E-state index is -0.276. The zero-order valence-corrected chi connectivity index (χ0v) is 10.1. The molecule has 0 unspecified atom stereocenters. The van der Waals surface area contributed by atoms with Gasteiger partial charge in [0.05, 0.1) is 6.61 Å². The van der Waals surface area contributed by atoms with E-state index in [2.05, 4.69) is 17.2 Å². The molecule has 1 rings (SSSR count). The number of urea groups is 1. The van der Waals surface area contributed by atoms with E-state index in [1.165, 1.54) is 6.20 Å². The first-order valence-electron chi connectivity index (χ1n) is 5.77. The number of likely N-dealkylation sites (tertiary alicyclic amines) is 1. The first kappa shape index (κ1) is 13.3. The zero-order valence-electron chi connectivity index (χ0n) is 10.1. The van der Waals surface area contributed by atoms with E-state index in [0.29, 0.717) is 19.7 Å². The predicted octanol–water partition coefficient (Wildman–Crippen LogP) is 1.05. The first-order valence-corrected chi connectivity index (χ1v) is 5.77. The summed E-state index contributed by atoms with van der Waals surface area (Å²) in [5.74, 6) is 0. The van der Waals surface area contributed by atoms with Gasteiger partial charge in [0, 0.05) is 19.1 Å². The molecule has 1 aliphatic heterocycles. The maximum atomic E-state index is 11.4. The van der Waals surface area contributed by atoms with E-state index < -0.39 is 0 Å². The Kier molecular flexibility index (Phi) is 5.32. The third-order valence-corrected chi connectivity index (χ3v) is 2.59. The molecule has 0 spiro atoms. The lowest BCUT2D eigenvalue weighted by molar-refractivity contribution is 0.0958. The van der Waals surface area contributed by atoms with Gasteiger partial charge in [-0.05, 0) is 26.0 Å². The van der Waals surface area contributed by atoms with Gasteiger partial charge in [0.25, 0.3) is 0 Å². The largest absolute Gasteiger partial charge is 0.450 e. The van der Waals surface area contributed by atoms with Crippen molar-refractivity contribution in [3.05, 3.63) is 12.8 Å². The SMILES string of the molecule is C=CNC(=O)NC1CCN(C(=O)OCC)CC1. The van der Waals surface area contributed by atoms with Crippen molar-refractivity contribution < 1.29 is 14.3 Å². The molecule has 0 saturated carbocycles. The van der Waals surface area contributed by atoms with Crippen molar-refractivity contribution in [2.24, 2.45) is 0 Å². The second-order valence-corrected chi connectivity index (χ2v) is 3.78. The van der Waals surface area contributed by atoms with Crippen LogP contribution in [0.25, 0.3) is 0 Å². The second-order valence-electron chi connectivity index (χ2n) is 3.78. The van der Waals surface area contributed by atoms with Crippen molar-refractivity contribution in [3.63, 3.8) is 0 Å². The van der Waals surface area contributed by atoms with Crippen molar-refractivity contribution in [2.75, 3.05) is 19.7 Å². The maximum Gasteiger partial charge on any atom is 0.409 e. The number of hydrogen-bond donors (Lipinski definition) is 2. The molecule has 1 saturated heterocycles. The van der Waals surface area contributed by atoms with Crippen LogP contribution in [-0.2, 0) is 4.74 Å². The summed E-state index contributed by atoms with van der Waals surface area (Å²) in [5.41, 5.74) is 0. The van der Waals surface area contributed by atoms with Crippen molar-refractivity contribution in [3.8, 4) is 0 Å². The number of carbonyl (C=O) groups is 2. The molecular weight excluding hydrogens is 222 g/mol. The molecule has 0 bridgehead atoms. The fourth-order valence-corrected chi connectivity index (χ4v) is 1.74. The van der Waals surface area contributed by atoms with Gasteiger partial charge in [-0.25, -0.2) is 9.59 Å². The minimum Gasteiger partial charge on any atom is -0.450 e. The number of carbonyl (C=O) groups excluding carboxylic acids is 2. The van der Waals surface area contributed by atoms with Crippen molar-refractivity contribution in [1.82, 2.24) is 15.5 Å². The monoisotopic (exact) mass is 241 g/mol. The van der Waals surface area contributed by atoms with Gasteiger partial charge in [0.2, 0.25) is 0 Å². The van der Waals surface area contributed by atoms with Crippen LogP contribution < -0.4 is 10.6 Å². The summed E-state index contributed by atoms with van der Waals surface area (Å²) in [6.07, 6.45) is 2.54. The van der Waals surface area contributed by atoms with Gasteiger partial charge >= 0.3 is 12.1 Å². The van der Waals surface area contributed by atoms with Gasteiger partial charge in [-0.2, -0.15) is 0 Å². The molecule has 0 atom stereocenters. The van der Waals surface area contributed by atoms with Gasteiger partial charge in [0.15, 0.2) is 0 Å². The molecule has 17 heavy (non-hydrogen) atoms. The van der Waals surface area contributed by atoms with Gasteiger partial charge in [0.1, 0.15) is 0 Å². The highest BCUT2D eigenvalue weighted by Gasteiger charge is 2.24.